The molecule has 1 rings (SSSR count). The zero-order chi connectivity index (χ0) is 10.6. The molecule has 0 aliphatic rings. The van der Waals surface area contributed by atoms with E-state index in [9.17, 15) is 4.79 Å². The average Bonchev–Trinajstić information content (AvgIpc) is 2.18. The van der Waals surface area contributed by atoms with E-state index in [2.05, 4.69) is 4.98 Å². The smallest absolute Gasteiger partial charge is 0.273 e. The summed E-state index contributed by atoms with van der Waals surface area (Å²) in [5.74, 6) is 0. The maximum Gasteiger partial charge on any atom is 0.273 e. The van der Waals surface area contributed by atoms with E-state index in [1.54, 1.807) is 0 Å². The van der Waals surface area contributed by atoms with Gasteiger partial charge >= 0.3 is 0 Å². The minimum Gasteiger partial charge on any atom is -0.298 e. The number of hydrogen-bond donors (Lipinski definition) is 0. The molecule has 0 fully saturated rings. The minimum atomic E-state index is -0.371. The van der Waals surface area contributed by atoms with Gasteiger partial charge in [0.25, 0.3) is 5.56 Å². The van der Waals surface area contributed by atoms with Crippen LogP contribution in [0.3, 0.4) is 0 Å². The fourth-order valence-corrected chi connectivity index (χ4v) is 1.21. The summed E-state index contributed by atoms with van der Waals surface area (Å²) in [7, 11) is 0. The van der Waals surface area contributed by atoms with Crippen LogP contribution in [-0.2, 0) is 6.54 Å². The van der Waals surface area contributed by atoms with Crippen molar-refractivity contribution >= 4 is 23.2 Å². The summed E-state index contributed by atoms with van der Waals surface area (Å²) >= 11 is 11.1. The van der Waals surface area contributed by atoms with Gasteiger partial charge in [-0.1, -0.05) is 23.2 Å². The molecule has 74 valence electrons. The van der Waals surface area contributed by atoms with Gasteiger partial charge in [0.05, 0.1) is 12.4 Å². The van der Waals surface area contributed by atoms with Crippen LogP contribution in [0.1, 0.15) is 12.8 Å². The summed E-state index contributed by atoms with van der Waals surface area (Å²) in [4.78, 5) is 15.1. The van der Waals surface area contributed by atoms with Crippen LogP contribution in [0.15, 0.2) is 11.1 Å². The third-order valence-electron chi connectivity index (χ3n) is 1.63. The molecule has 0 aromatic carbocycles. The van der Waals surface area contributed by atoms with Crippen molar-refractivity contribution in [3.8, 4) is 6.07 Å². The number of halogens is 2. The van der Waals surface area contributed by atoms with Gasteiger partial charge in [-0.3, -0.25) is 9.36 Å². The topological polar surface area (TPSA) is 58.7 Å². The number of rotatable bonds is 3. The fraction of sp³-hybridized carbons (Fsp3) is 0.375. The molecule has 0 aliphatic heterocycles. The van der Waals surface area contributed by atoms with E-state index in [1.807, 2.05) is 6.07 Å². The molecule has 1 heterocycles. The van der Waals surface area contributed by atoms with Gasteiger partial charge in [0.15, 0.2) is 5.15 Å². The lowest BCUT2D eigenvalue weighted by Crippen LogP contribution is -2.21. The highest BCUT2D eigenvalue weighted by Gasteiger charge is 2.06. The molecular weight excluding hydrogens is 225 g/mol. The van der Waals surface area contributed by atoms with Crippen LogP contribution in [0.25, 0.3) is 0 Å². The summed E-state index contributed by atoms with van der Waals surface area (Å²) in [5.41, 5.74) is -0.371. The quantitative estimate of drug-likeness (QED) is 0.590. The maximum atomic E-state index is 11.4. The Morgan fingerprint density at radius 2 is 2.29 bits per heavy atom. The van der Waals surface area contributed by atoms with Crippen LogP contribution in [0.2, 0.25) is 10.2 Å². The van der Waals surface area contributed by atoms with Crippen molar-refractivity contribution < 1.29 is 0 Å². The van der Waals surface area contributed by atoms with Crippen molar-refractivity contribution in [1.82, 2.24) is 9.55 Å². The van der Waals surface area contributed by atoms with Gasteiger partial charge in [0.1, 0.15) is 5.02 Å². The number of hydrogen-bond acceptors (Lipinski definition) is 3. The van der Waals surface area contributed by atoms with Gasteiger partial charge in [0, 0.05) is 13.0 Å². The lowest BCUT2D eigenvalue weighted by molar-refractivity contribution is 0.620. The van der Waals surface area contributed by atoms with Gasteiger partial charge in [0.2, 0.25) is 0 Å². The van der Waals surface area contributed by atoms with Gasteiger partial charge < -0.3 is 0 Å². The van der Waals surface area contributed by atoms with E-state index in [4.69, 9.17) is 28.5 Å². The summed E-state index contributed by atoms with van der Waals surface area (Å²) < 4.78 is 1.34. The molecule has 0 atom stereocenters. The Kier molecular flexibility index (Phi) is 3.93. The standard InChI is InChI=1S/C8H7Cl2N3O/c9-6-7(10)12-5-13(8(6)14)4-2-1-3-11/h5H,1-2,4H2. The predicted molar refractivity (Wildman–Crippen MR) is 53.4 cm³/mol. The predicted octanol–water partition coefficient (Wildman–Crippen LogP) is 1.85. The van der Waals surface area contributed by atoms with E-state index >= 15 is 0 Å². The minimum absolute atomic E-state index is 0.00759. The summed E-state index contributed by atoms with van der Waals surface area (Å²) in [6, 6.07) is 1.99. The van der Waals surface area contributed by atoms with E-state index in [1.165, 1.54) is 10.9 Å². The molecule has 4 nitrogen and oxygen atoms in total. The maximum absolute atomic E-state index is 11.4. The van der Waals surface area contributed by atoms with Crippen molar-refractivity contribution in [3.63, 3.8) is 0 Å². The van der Waals surface area contributed by atoms with Crippen LogP contribution < -0.4 is 5.56 Å². The Hall–Kier alpha value is -1.05. The zero-order valence-electron chi connectivity index (χ0n) is 7.20. The molecule has 1 aromatic rings. The Balaban J connectivity index is 2.85. The molecule has 0 radical (unpaired) electrons. The monoisotopic (exact) mass is 231 g/mol. The second kappa shape index (κ2) is 4.99. The summed E-state index contributed by atoms with van der Waals surface area (Å²) in [5, 5.41) is 8.24. The zero-order valence-corrected chi connectivity index (χ0v) is 8.72. The van der Waals surface area contributed by atoms with Gasteiger partial charge in [-0.25, -0.2) is 4.98 Å². The first-order valence-electron chi connectivity index (χ1n) is 3.94. The highest BCUT2D eigenvalue weighted by molar-refractivity contribution is 6.40. The third kappa shape index (κ3) is 2.47. The molecule has 14 heavy (non-hydrogen) atoms. The highest BCUT2D eigenvalue weighted by atomic mass is 35.5. The molecule has 0 unspecified atom stereocenters. The first kappa shape index (κ1) is 11.0. The van der Waals surface area contributed by atoms with E-state index in [0.717, 1.165) is 0 Å². The number of nitriles is 1. The molecular formula is C8H7Cl2N3O. The molecule has 0 N–H and O–H groups in total. The van der Waals surface area contributed by atoms with Crippen LogP contribution in [-0.4, -0.2) is 9.55 Å². The van der Waals surface area contributed by atoms with E-state index in [0.29, 0.717) is 19.4 Å². The second-order valence-electron chi connectivity index (χ2n) is 2.61. The van der Waals surface area contributed by atoms with Crippen LogP contribution in [0.5, 0.6) is 0 Å². The Labute approximate surface area is 90.7 Å². The lowest BCUT2D eigenvalue weighted by Gasteiger charge is -2.03. The van der Waals surface area contributed by atoms with Crippen molar-refractivity contribution in [2.75, 3.05) is 0 Å². The second-order valence-corrected chi connectivity index (χ2v) is 3.35. The lowest BCUT2D eigenvalue weighted by atomic mass is 10.3. The van der Waals surface area contributed by atoms with Crippen molar-refractivity contribution in [3.05, 3.63) is 26.9 Å². The number of aryl methyl sites for hydroxylation is 1. The van der Waals surface area contributed by atoms with E-state index < -0.39 is 0 Å². The Morgan fingerprint density at radius 3 is 2.93 bits per heavy atom. The Morgan fingerprint density at radius 1 is 1.57 bits per heavy atom. The molecule has 6 heteroatoms. The van der Waals surface area contributed by atoms with Crippen molar-refractivity contribution in [1.29, 1.82) is 5.26 Å². The molecule has 0 bridgehead atoms. The SMILES string of the molecule is N#CCCCn1cnc(Cl)c(Cl)c1=O. The summed E-state index contributed by atoms with van der Waals surface area (Å²) in [6.07, 6.45) is 2.32. The molecule has 0 amide bonds. The normalized spacial score (nSPS) is 9.79. The Bertz CT molecular complexity index is 422. The van der Waals surface area contributed by atoms with Gasteiger partial charge in [-0.2, -0.15) is 5.26 Å². The van der Waals surface area contributed by atoms with E-state index in [-0.39, 0.29) is 15.7 Å². The van der Waals surface area contributed by atoms with Crippen LogP contribution in [0.4, 0.5) is 0 Å². The summed E-state index contributed by atoms with van der Waals surface area (Å²) in [6.45, 7) is 0.427. The van der Waals surface area contributed by atoms with Gasteiger partial charge in [-0.05, 0) is 6.42 Å². The molecule has 0 saturated heterocycles. The average molecular weight is 232 g/mol. The number of aromatic nitrogens is 2. The molecule has 0 aliphatic carbocycles. The van der Waals surface area contributed by atoms with Crippen molar-refractivity contribution in [2.45, 2.75) is 19.4 Å². The number of nitrogens with zero attached hydrogens (tertiary/aromatic N) is 3. The molecule has 0 spiro atoms. The van der Waals surface area contributed by atoms with Crippen molar-refractivity contribution in [2.24, 2.45) is 0 Å². The number of unbranched alkanes of at least 4 members (excludes halogenated alkanes) is 1. The first-order chi connectivity index (χ1) is 6.66. The highest BCUT2D eigenvalue weighted by Crippen LogP contribution is 2.12. The molecule has 0 saturated carbocycles. The molecule has 1 aromatic heterocycles. The first-order valence-corrected chi connectivity index (χ1v) is 4.70. The largest absolute Gasteiger partial charge is 0.298 e. The fourth-order valence-electron chi connectivity index (χ4n) is 0.932. The third-order valence-corrected chi connectivity index (χ3v) is 2.35. The van der Waals surface area contributed by atoms with Crippen LogP contribution in [0, 0.1) is 11.3 Å². The van der Waals surface area contributed by atoms with Crippen LogP contribution >= 0.6 is 23.2 Å². The van der Waals surface area contributed by atoms with Gasteiger partial charge in [-0.15, -0.1) is 0 Å².